The van der Waals surface area contributed by atoms with E-state index in [2.05, 4.69) is 10.6 Å². The zero-order valence-corrected chi connectivity index (χ0v) is 18.9. The number of hydrogen-bond donors (Lipinski definition) is 4. The minimum atomic E-state index is -1.24. The number of alkyl carbamates (subject to hydrolysis) is 1. The zero-order chi connectivity index (χ0) is 22.6. The lowest BCUT2D eigenvalue weighted by atomic mass is 9.91. The lowest BCUT2D eigenvalue weighted by Crippen LogP contribution is -2.43. The first-order valence-electron chi connectivity index (χ1n) is 11.3. The summed E-state index contributed by atoms with van der Waals surface area (Å²) in [6.07, 6.45) is 13.5. The summed E-state index contributed by atoms with van der Waals surface area (Å²) in [5.74, 6) is -1.86. The summed E-state index contributed by atoms with van der Waals surface area (Å²) in [5, 5.41) is 14.8. The van der Waals surface area contributed by atoms with E-state index in [-0.39, 0.29) is 12.8 Å². The maximum absolute atomic E-state index is 11.3. The van der Waals surface area contributed by atoms with Crippen LogP contribution >= 0.6 is 0 Å². The number of carbonyl (C=O) groups excluding carboxylic acids is 2. The Bertz CT molecular complexity index is 519. The van der Waals surface area contributed by atoms with E-state index < -0.39 is 29.6 Å². The molecule has 1 atom stereocenters. The van der Waals surface area contributed by atoms with Crippen molar-refractivity contribution < 1.29 is 24.2 Å². The van der Waals surface area contributed by atoms with Crippen LogP contribution in [-0.2, 0) is 14.3 Å². The number of primary amides is 1. The number of nitrogens with one attached hydrogen (secondary N) is 2. The quantitative estimate of drug-likeness (QED) is 0.492. The third kappa shape index (κ3) is 12.7. The summed E-state index contributed by atoms with van der Waals surface area (Å²) in [7, 11) is 0. The normalized spacial score (nSPS) is 19.2. The molecule has 2 amide bonds. The fourth-order valence-corrected chi connectivity index (χ4v) is 3.87. The largest absolute Gasteiger partial charge is 0.480 e. The van der Waals surface area contributed by atoms with Crippen molar-refractivity contribution in [3.05, 3.63) is 0 Å². The van der Waals surface area contributed by atoms with Gasteiger partial charge in [0, 0.05) is 18.5 Å². The molecule has 0 spiro atoms. The molecule has 0 aromatic carbocycles. The molecule has 0 aromatic rings. The molecule has 0 aromatic heterocycles. The van der Waals surface area contributed by atoms with Crippen molar-refractivity contribution in [2.75, 3.05) is 0 Å². The summed E-state index contributed by atoms with van der Waals surface area (Å²) in [5.41, 5.74) is 4.19. The molecule has 2 aliphatic carbocycles. The van der Waals surface area contributed by atoms with E-state index in [9.17, 15) is 14.4 Å². The van der Waals surface area contributed by atoms with E-state index in [0.717, 1.165) is 12.1 Å². The van der Waals surface area contributed by atoms with Gasteiger partial charge in [0.15, 0.2) is 0 Å². The monoisotopic (exact) mass is 427 g/mol. The third-order valence-corrected chi connectivity index (χ3v) is 5.35. The average Bonchev–Trinajstić information content (AvgIpc) is 2.65. The van der Waals surface area contributed by atoms with Gasteiger partial charge < -0.3 is 26.2 Å². The van der Waals surface area contributed by atoms with Gasteiger partial charge in [0.25, 0.3) is 0 Å². The van der Waals surface area contributed by atoms with Crippen LogP contribution in [-0.4, -0.2) is 46.8 Å². The molecule has 2 saturated carbocycles. The molecule has 1 unspecified atom stereocenters. The Morgan fingerprint density at radius 3 is 1.80 bits per heavy atom. The van der Waals surface area contributed by atoms with Crippen molar-refractivity contribution in [1.29, 1.82) is 0 Å². The highest BCUT2D eigenvalue weighted by Gasteiger charge is 2.24. The van der Waals surface area contributed by atoms with Gasteiger partial charge in [-0.1, -0.05) is 38.5 Å². The predicted octanol–water partition coefficient (Wildman–Crippen LogP) is 3.47. The van der Waals surface area contributed by atoms with E-state index in [4.69, 9.17) is 15.6 Å². The second-order valence-corrected chi connectivity index (χ2v) is 9.38. The summed E-state index contributed by atoms with van der Waals surface area (Å²) in [6.45, 7) is 4.98. The number of carboxylic acids is 1. The molecule has 2 rings (SSSR count). The van der Waals surface area contributed by atoms with E-state index in [1.807, 2.05) is 0 Å². The summed E-state index contributed by atoms with van der Waals surface area (Å²) in [6, 6.07) is 0.561. The van der Waals surface area contributed by atoms with Gasteiger partial charge >= 0.3 is 12.1 Å². The van der Waals surface area contributed by atoms with E-state index in [0.29, 0.717) is 0 Å². The van der Waals surface area contributed by atoms with Crippen LogP contribution in [0, 0.1) is 0 Å². The molecule has 0 bridgehead atoms. The first-order chi connectivity index (χ1) is 14.1. The second-order valence-electron chi connectivity index (χ2n) is 9.38. The van der Waals surface area contributed by atoms with Crippen molar-refractivity contribution >= 4 is 18.0 Å². The van der Waals surface area contributed by atoms with Crippen LogP contribution in [0.4, 0.5) is 4.79 Å². The van der Waals surface area contributed by atoms with Crippen molar-refractivity contribution in [3.8, 4) is 0 Å². The number of carboxylic acid groups (broad SMARTS) is 1. The van der Waals surface area contributed by atoms with Gasteiger partial charge in [0.05, 0.1) is 0 Å². The Morgan fingerprint density at radius 1 is 0.967 bits per heavy atom. The molecule has 8 heteroatoms. The lowest BCUT2D eigenvalue weighted by molar-refractivity contribution is -0.139. The van der Waals surface area contributed by atoms with Gasteiger partial charge in [-0.2, -0.15) is 0 Å². The first-order valence-corrected chi connectivity index (χ1v) is 11.3. The molecule has 8 nitrogen and oxygen atoms in total. The number of nitrogens with two attached hydrogens (primary N) is 1. The lowest BCUT2D eigenvalue weighted by Gasteiger charge is -2.30. The summed E-state index contributed by atoms with van der Waals surface area (Å²) in [4.78, 5) is 32.6. The highest BCUT2D eigenvalue weighted by molar-refractivity contribution is 5.81. The van der Waals surface area contributed by atoms with Gasteiger partial charge in [-0.3, -0.25) is 4.79 Å². The molecule has 2 fully saturated rings. The number of rotatable bonds is 7. The molecule has 30 heavy (non-hydrogen) atoms. The van der Waals surface area contributed by atoms with E-state index >= 15 is 0 Å². The molecular weight excluding hydrogens is 386 g/mol. The van der Waals surface area contributed by atoms with E-state index in [1.165, 1.54) is 64.2 Å². The molecule has 0 radical (unpaired) electrons. The molecule has 5 N–H and O–H groups in total. The van der Waals surface area contributed by atoms with Crippen molar-refractivity contribution in [1.82, 2.24) is 10.6 Å². The van der Waals surface area contributed by atoms with E-state index in [1.54, 1.807) is 20.8 Å². The zero-order valence-electron chi connectivity index (χ0n) is 18.9. The van der Waals surface area contributed by atoms with Crippen LogP contribution in [0.1, 0.15) is 97.8 Å². The fraction of sp³-hybridized carbons (Fsp3) is 0.864. The van der Waals surface area contributed by atoms with Crippen LogP contribution in [0.25, 0.3) is 0 Å². The standard InChI is InChI=1S/C12H23N.C10H18N2O5/c1-3-7-11(8-4-1)13-12-9-5-2-6-10-12;1-10(2,3)17-9(16)12-6(8(14)15)4-5-7(11)13/h11-13H,1-10H2;6H,4-5H2,1-3H3,(H2,11,13)(H,12,16)(H,14,15). The summed E-state index contributed by atoms with van der Waals surface area (Å²) >= 11 is 0. The van der Waals surface area contributed by atoms with Gasteiger partial charge in [0.1, 0.15) is 11.6 Å². The van der Waals surface area contributed by atoms with Crippen LogP contribution in [0.3, 0.4) is 0 Å². The number of amides is 2. The molecular formula is C22H41N3O5. The summed E-state index contributed by atoms with van der Waals surface area (Å²) < 4.78 is 4.90. The van der Waals surface area contributed by atoms with Crippen LogP contribution in [0.2, 0.25) is 0 Å². The number of hydrogen-bond acceptors (Lipinski definition) is 5. The highest BCUT2D eigenvalue weighted by Crippen LogP contribution is 2.22. The first kappa shape index (κ1) is 26.2. The topological polar surface area (TPSA) is 131 Å². The Hall–Kier alpha value is -1.83. The van der Waals surface area contributed by atoms with Crippen molar-refractivity contribution in [2.45, 2.75) is 122 Å². The smallest absolute Gasteiger partial charge is 0.408 e. The SMILES string of the molecule is C1CCC(NC2CCCCC2)CC1.CC(C)(C)OC(=O)NC(CCC(N)=O)C(=O)O. The second kappa shape index (κ2) is 13.5. The molecule has 0 aliphatic heterocycles. The number of aliphatic carboxylic acids is 1. The van der Waals surface area contributed by atoms with Crippen LogP contribution in [0.5, 0.6) is 0 Å². The number of carbonyl (C=O) groups is 3. The molecule has 0 saturated heterocycles. The van der Waals surface area contributed by atoms with Crippen molar-refractivity contribution in [3.63, 3.8) is 0 Å². The Balaban J connectivity index is 0.000000308. The molecule has 0 heterocycles. The minimum Gasteiger partial charge on any atom is -0.480 e. The number of ether oxygens (including phenoxy) is 1. The van der Waals surface area contributed by atoms with Crippen molar-refractivity contribution in [2.24, 2.45) is 5.73 Å². The van der Waals surface area contributed by atoms with Gasteiger partial charge in [-0.05, 0) is 52.9 Å². The highest BCUT2D eigenvalue weighted by atomic mass is 16.6. The minimum absolute atomic E-state index is 0.0656. The maximum atomic E-state index is 11.3. The van der Waals surface area contributed by atoms with Crippen LogP contribution < -0.4 is 16.4 Å². The third-order valence-electron chi connectivity index (χ3n) is 5.35. The predicted molar refractivity (Wildman–Crippen MR) is 116 cm³/mol. The van der Waals surface area contributed by atoms with Gasteiger partial charge in [0.2, 0.25) is 5.91 Å². The Kier molecular flexibility index (Phi) is 11.8. The van der Waals surface area contributed by atoms with Gasteiger partial charge in [-0.15, -0.1) is 0 Å². The maximum Gasteiger partial charge on any atom is 0.408 e. The van der Waals surface area contributed by atoms with Crippen LogP contribution in [0.15, 0.2) is 0 Å². The fourth-order valence-electron chi connectivity index (χ4n) is 3.87. The molecule has 174 valence electrons. The Morgan fingerprint density at radius 2 is 1.43 bits per heavy atom. The van der Waals surface area contributed by atoms with Gasteiger partial charge in [-0.25, -0.2) is 9.59 Å². The average molecular weight is 428 g/mol. The molecule has 2 aliphatic rings. The Labute approximate surface area is 180 Å².